The normalized spacial score (nSPS) is 12.4. The smallest absolute Gasteiger partial charge is 0.0923 e. The van der Waals surface area contributed by atoms with Gasteiger partial charge in [-0.15, -0.1) is 13.2 Å². The molecule has 0 atom stereocenters. The first-order valence-corrected chi connectivity index (χ1v) is 21.8. The zero-order valence-electron chi connectivity index (χ0n) is 38.2. The molecule has 2 aliphatic carbocycles. The van der Waals surface area contributed by atoms with Gasteiger partial charge < -0.3 is 0 Å². The molecule has 0 N–H and O–H groups in total. The highest BCUT2D eigenvalue weighted by Crippen LogP contribution is 2.50. The minimum atomic E-state index is 0.839. The molecule has 2 nitrogen and oxygen atoms in total. The van der Waals surface area contributed by atoms with Crippen LogP contribution < -0.4 is 0 Å². The predicted octanol–water partition coefficient (Wildman–Crippen LogP) is 16.9. The van der Waals surface area contributed by atoms with Crippen molar-refractivity contribution in [3.8, 4) is 33.5 Å². The van der Waals surface area contributed by atoms with Gasteiger partial charge >= 0.3 is 0 Å². The fourth-order valence-corrected chi connectivity index (χ4v) is 8.71. The Hall–Kier alpha value is -7.16. The van der Waals surface area contributed by atoms with Crippen LogP contribution in [0.4, 0.5) is 0 Å². The van der Waals surface area contributed by atoms with Crippen molar-refractivity contribution in [2.24, 2.45) is 0 Å². The quantitative estimate of drug-likeness (QED) is 0.118. The zero-order chi connectivity index (χ0) is 45.0. The summed E-state index contributed by atoms with van der Waals surface area (Å²) in [6.45, 7) is 28.9. The van der Waals surface area contributed by atoms with Gasteiger partial charge in [0.25, 0.3) is 0 Å². The summed E-state index contributed by atoms with van der Waals surface area (Å²) < 4.78 is 0. The van der Waals surface area contributed by atoms with Crippen LogP contribution >= 0.6 is 0 Å². The van der Waals surface area contributed by atoms with Gasteiger partial charge in [-0.3, -0.25) is 0 Å². The average Bonchev–Trinajstić information content (AvgIpc) is 3.84. The first-order chi connectivity index (χ1) is 30.6. The molecule has 2 aliphatic rings. The lowest BCUT2D eigenvalue weighted by atomic mass is 9.85. The summed E-state index contributed by atoms with van der Waals surface area (Å²) in [5.41, 5.74) is 21.0. The second-order valence-electron chi connectivity index (χ2n) is 15.9. The van der Waals surface area contributed by atoms with Crippen LogP contribution in [0.5, 0.6) is 0 Å². The number of rotatable bonds is 7. The van der Waals surface area contributed by atoms with Crippen LogP contribution in [0.1, 0.15) is 72.6 Å². The lowest BCUT2D eigenvalue weighted by molar-refractivity contribution is 1.02. The van der Waals surface area contributed by atoms with E-state index >= 15 is 0 Å². The molecular weight excluding hydrogens is 761 g/mol. The summed E-state index contributed by atoms with van der Waals surface area (Å²) in [5, 5.41) is 5.43. The van der Waals surface area contributed by atoms with Gasteiger partial charge in [0.05, 0.1) is 22.8 Å². The van der Waals surface area contributed by atoms with E-state index in [1.165, 1.54) is 71.6 Å². The van der Waals surface area contributed by atoms with Gasteiger partial charge in [0.15, 0.2) is 0 Å². The lowest BCUT2D eigenvalue weighted by Gasteiger charge is -2.19. The number of benzene rings is 6. The largest absolute Gasteiger partial charge is 0.249 e. The van der Waals surface area contributed by atoms with Crippen molar-refractivity contribution in [2.75, 3.05) is 0 Å². The third-order valence-electron chi connectivity index (χ3n) is 11.5. The molecule has 0 amide bonds. The van der Waals surface area contributed by atoms with Gasteiger partial charge in [-0.1, -0.05) is 177 Å². The number of fused-ring (bicyclic) bond motifs is 8. The standard InChI is InChI=1S/C29H22.C26H26N2.2C3H6/c1-18-9-3-5-11-22(18)27-19(2)26-17-21-16-15-20-10-4-6-12-23(20)28(21)29(26)25-14-8-7-13-24(25)27;1-6-9-12-20(8-3)21-13-11-14-22(17-21)25-19(5)27-26-23(15-10-7-2)18(4)16-24(26)28-25;2*1-3-2/h3-16H,17H2,1-2H3;6-15,17H,2-3,16H2,1,4-5H3;2*3H,1H2,2H3/b;9-6-,15-10-,20-12+;;. The number of hydrogen-bond donors (Lipinski definition) is 0. The SMILES string of the molecule is C=C/C=C\C1=C(C)Cc2nc(-c3cccc(/C(C=C)=C/C=C\C)c3)c(C)nc21.C=CC.C=CC.Cc1ccccc1-c1c(C)c2c(c3ccccc13)-c1c(ccc3ccccc13)C2. The third kappa shape index (κ3) is 9.52. The van der Waals surface area contributed by atoms with Crippen molar-refractivity contribution >= 4 is 32.7 Å². The molecule has 0 radical (unpaired) electrons. The first-order valence-electron chi connectivity index (χ1n) is 21.8. The maximum Gasteiger partial charge on any atom is 0.0923 e. The van der Waals surface area contributed by atoms with E-state index < -0.39 is 0 Å². The molecule has 0 unspecified atom stereocenters. The van der Waals surface area contributed by atoms with Crippen LogP contribution in [0.15, 0.2) is 196 Å². The molecule has 314 valence electrons. The Bertz CT molecular complexity index is 2970. The van der Waals surface area contributed by atoms with Crippen LogP contribution in [0.2, 0.25) is 0 Å². The fraction of sp³-hybridized carbons (Fsp3) is 0.148. The van der Waals surface area contributed by atoms with E-state index in [0.29, 0.717) is 0 Å². The monoisotopic (exact) mass is 820 g/mol. The molecule has 0 spiro atoms. The third-order valence-corrected chi connectivity index (χ3v) is 11.5. The van der Waals surface area contributed by atoms with Crippen LogP contribution in [-0.4, -0.2) is 9.97 Å². The number of nitrogens with zero attached hydrogens (tertiary/aromatic N) is 2. The summed E-state index contributed by atoms with van der Waals surface area (Å²) in [6, 6.07) is 39.6. The molecular formula is C61H60N2. The molecule has 0 bridgehead atoms. The number of aryl methyl sites for hydroxylation is 2. The van der Waals surface area contributed by atoms with Gasteiger partial charge in [-0.2, -0.15) is 0 Å². The Kier molecular flexibility index (Phi) is 15.2. The molecule has 9 rings (SSSR count). The van der Waals surface area contributed by atoms with Crippen molar-refractivity contribution < 1.29 is 0 Å². The van der Waals surface area contributed by atoms with E-state index in [-0.39, 0.29) is 0 Å². The summed E-state index contributed by atoms with van der Waals surface area (Å²) in [4.78, 5) is 9.90. The molecule has 2 heteroatoms. The molecule has 0 aliphatic heterocycles. The molecule has 1 heterocycles. The van der Waals surface area contributed by atoms with E-state index in [2.05, 4.69) is 168 Å². The highest BCUT2D eigenvalue weighted by molar-refractivity contribution is 6.14. The molecule has 0 saturated heterocycles. The average molecular weight is 821 g/mol. The molecule has 7 aromatic rings. The molecule has 0 saturated carbocycles. The maximum absolute atomic E-state index is 5.00. The summed E-state index contributed by atoms with van der Waals surface area (Å²) in [6.07, 6.45) is 19.2. The van der Waals surface area contributed by atoms with Crippen LogP contribution in [-0.2, 0) is 12.8 Å². The summed E-state index contributed by atoms with van der Waals surface area (Å²) in [5.74, 6) is 0. The van der Waals surface area contributed by atoms with Gasteiger partial charge in [0, 0.05) is 17.6 Å². The zero-order valence-corrected chi connectivity index (χ0v) is 38.2. The van der Waals surface area contributed by atoms with Gasteiger partial charge in [-0.25, -0.2) is 9.97 Å². The van der Waals surface area contributed by atoms with E-state index in [1.807, 2.05) is 52.0 Å². The van der Waals surface area contributed by atoms with Crippen molar-refractivity contribution in [2.45, 2.75) is 61.3 Å². The van der Waals surface area contributed by atoms with E-state index in [9.17, 15) is 0 Å². The highest BCUT2D eigenvalue weighted by Gasteiger charge is 2.28. The van der Waals surface area contributed by atoms with Gasteiger partial charge in [0.2, 0.25) is 0 Å². The van der Waals surface area contributed by atoms with E-state index in [1.54, 1.807) is 18.2 Å². The van der Waals surface area contributed by atoms with Gasteiger partial charge in [-0.05, 0) is 138 Å². The van der Waals surface area contributed by atoms with Crippen LogP contribution in [0, 0.1) is 20.8 Å². The van der Waals surface area contributed by atoms with Crippen molar-refractivity contribution in [1.29, 1.82) is 0 Å². The molecule has 0 fully saturated rings. The van der Waals surface area contributed by atoms with Crippen LogP contribution in [0.25, 0.3) is 66.2 Å². The first kappa shape index (κ1) is 45.4. The number of allylic oxidation sites excluding steroid dienone is 12. The maximum atomic E-state index is 5.00. The van der Waals surface area contributed by atoms with Crippen molar-refractivity contribution in [3.05, 3.63) is 241 Å². The van der Waals surface area contributed by atoms with Crippen molar-refractivity contribution in [1.82, 2.24) is 9.97 Å². The lowest BCUT2D eigenvalue weighted by Crippen LogP contribution is -2.01. The number of hydrogen-bond acceptors (Lipinski definition) is 2. The Morgan fingerprint density at radius 2 is 1.29 bits per heavy atom. The topological polar surface area (TPSA) is 25.8 Å². The predicted molar refractivity (Wildman–Crippen MR) is 277 cm³/mol. The number of aromatic nitrogens is 2. The van der Waals surface area contributed by atoms with E-state index in [0.717, 1.165) is 57.9 Å². The Balaban J connectivity index is 0.000000187. The summed E-state index contributed by atoms with van der Waals surface area (Å²) in [7, 11) is 0. The Morgan fingerprint density at radius 3 is 1.97 bits per heavy atom. The molecule has 1 aromatic heterocycles. The fourth-order valence-electron chi connectivity index (χ4n) is 8.71. The second-order valence-corrected chi connectivity index (χ2v) is 15.9. The minimum Gasteiger partial charge on any atom is -0.249 e. The summed E-state index contributed by atoms with van der Waals surface area (Å²) >= 11 is 0. The molecule has 6 aromatic carbocycles. The van der Waals surface area contributed by atoms with Crippen molar-refractivity contribution in [3.63, 3.8) is 0 Å². The minimum absolute atomic E-state index is 0.839. The Morgan fingerprint density at radius 1 is 0.619 bits per heavy atom. The molecule has 63 heavy (non-hydrogen) atoms. The highest BCUT2D eigenvalue weighted by atomic mass is 14.9. The Labute approximate surface area is 376 Å². The van der Waals surface area contributed by atoms with E-state index in [4.69, 9.17) is 9.97 Å². The van der Waals surface area contributed by atoms with Crippen LogP contribution in [0.3, 0.4) is 0 Å². The second kappa shape index (κ2) is 21.1. The van der Waals surface area contributed by atoms with Gasteiger partial charge in [0.1, 0.15) is 0 Å².